The highest BCUT2D eigenvalue weighted by atomic mass is 16.5. The molecule has 0 radical (unpaired) electrons. The van der Waals surface area contributed by atoms with Crippen LogP contribution in [0.4, 0.5) is 0 Å². The number of benzene rings is 1. The van der Waals surface area contributed by atoms with Crippen LogP contribution in [0.1, 0.15) is 57.4 Å². The Bertz CT molecular complexity index is 695. The molecule has 1 aromatic rings. The van der Waals surface area contributed by atoms with Crippen LogP contribution in [-0.4, -0.2) is 72.7 Å². The van der Waals surface area contributed by atoms with Crippen molar-refractivity contribution in [3.8, 4) is 5.75 Å². The number of rotatable bonds is 13. The van der Waals surface area contributed by atoms with Crippen LogP contribution in [0.25, 0.3) is 0 Å². The molecule has 1 fully saturated rings. The third-order valence-corrected chi connectivity index (χ3v) is 6.35. The van der Waals surface area contributed by atoms with E-state index in [-0.39, 0.29) is 24.4 Å². The minimum Gasteiger partial charge on any atom is -0.497 e. The van der Waals surface area contributed by atoms with E-state index in [1.165, 1.54) is 0 Å². The maximum Gasteiger partial charge on any atom is 0.308 e. The second-order valence-corrected chi connectivity index (χ2v) is 8.38. The van der Waals surface area contributed by atoms with Gasteiger partial charge >= 0.3 is 5.97 Å². The minimum absolute atomic E-state index is 0.0865. The number of carbonyl (C=O) groups is 2. The Kier molecular flexibility index (Phi) is 10.3. The highest BCUT2D eigenvalue weighted by Crippen LogP contribution is 2.39. The van der Waals surface area contributed by atoms with Crippen LogP contribution in [0.5, 0.6) is 5.75 Å². The lowest BCUT2D eigenvalue weighted by Crippen LogP contribution is -2.44. The fourth-order valence-electron chi connectivity index (χ4n) is 4.62. The van der Waals surface area contributed by atoms with Gasteiger partial charge in [-0.1, -0.05) is 32.4 Å². The van der Waals surface area contributed by atoms with Crippen molar-refractivity contribution >= 4 is 11.9 Å². The fraction of sp³-hybridized carbons (Fsp3) is 0.667. The van der Waals surface area contributed by atoms with Crippen molar-refractivity contribution in [1.82, 2.24) is 9.80 Å². The van der Waals surface area contributed by atoms with Crippen LogP contribution in [-0.2, 0) is 9.59 Å². The number of carbonyl (C=O) groups excluding carboxylic acids is 1. The second kappa shape index (κ2) is 12.7. The summed E-state index contributed by atoms with van der Waals surface area (Å²) in [6.45, 7) is 7.04. The van der Waals surface area contributed by atoms with Gasteiger partial charge in [0.2, 0.25) is 5.91 Å². The average molecular weight is 434 g/mol. The largest absolute Gasteiger partial charge is 0.497 e. The molecule has 174 valence electrons. The quantitative estimate of drug-likeness (QED) is 0.464. The number of aliphatic carboxylic acids is 1. The van der Waals surface area contributed by atoms with Crippen molar-refractivity contribution < 1.29 is 19.4 Å². The first-order chi connectivity index (χ1) is 15.0. The molecule has 2 rings (SSSR count). The van der Waals surface area contributed by atoms with E-state index in [1.807, 2.05) is 36.1 Å². The van der Waals surface area contributed by atoms with Gasteiger partial charge in [0.05, 0.1) is 19.6 Å². The third kappa shape index (κ3) is 6.68. The number of hydrogen-bond acceptors (Lipinski definition) is 5. The van der Waals surface area contributed by atoms with Gasteiger partial charge < -0.3 is 20.5 Å². The molecule has 0 saturated carbocycles. The van der Waals surface area contributed by atoms with E-state index in [9.17, 15) is 14.7 Å². The normalized spacial score (nSPS) is 21.2. The Morgan fingerprint density at radius 2 is 1.84 bits per heavy atom. The van der Waals surface area contributed by atoms with Gasteiger partial charge in [-0.3, -0.25) is 14.5 Å². The standard InChI is InChI=1S/C24H39N3O4/c1-4-6-14-26(15-8-7-13-25)22(28)17-27-16-20(23(24(29)30)21(27)5-2)18-9-11-19(31-3)12-10-18/h9-12,20-21,23H,4-8,13-17,25H2,1-3H3,(H,29,30)/t20-,21+,23-/m1/s1. The van der Waals surface area contributed by atoms with Crippen LogP contribution in [0, 0.1) is 5.92 Å². The smallest absolute Gasteiger partial charge is 0.308 e. The van der Waals surface area contributed by atoms with Gasteiger partial charge in [-0.05, 0) is 49.9 Å². The zero-order valence-corrected chi connectivity index (χ0v) is 19.3. The van der Waals surface area contributed by atoms with Crippen molar-refractivity contribution in [3.05, 3.63) is 29.8 Å². The number of ether oxygens (including phenoxy) is 1. The lowest BCUT2D eigenvalue weighted by Gasteiger charge is -2.29. The number of nitrogens with two attached hydrogens (primary N) is 1. The second-order valence-electron chi connectivity index (χ2n) is 8.38. The highest BCUT2D eigenvalue weighted by molar-refractivity contribution is 5.79. The maximum absolute atomic E-state index is 13.2. The van der Waals surface area contributed by atoms with E-state index in [2.05, 4.69) is 11.8 Å². The van der Waals surface area contributed by atoms with Crippen LogP contribution < -0.4 is 10.5 Å². The molecule has 3 atom stereocenters. The molecule has 1 amide bonds. The molecule has 1 heterocycles. The van der Waals surface area contributed by atoms with Gasteiger partial charge in [0.25, 0.3) is 0 Å². The Morgan fingerprint density at radius 1 is 1.16 bits per heavy atom. The van der Waals surface area contributed by atoms with E-state index in [4.69, 9.17) is 10.5 Å². The predicted molar refractivity (Wildman–Crippen MR) is 122 cm³/mol. The van der Waals surface area contributed by atoms with Crippen LogP contribution in [0.3, 0.4) is 0 Å². The molecule has 1 aliphatic heterocycles. The van der Waals surface area contributed by atoms with E-state index in [1.54, 1.807) is 7.11 Å². The van der Waals surface area contributed by atoms with E-state index in [0.29, 0.717) is 26.1 Å². The first kappa shape index (κ1) is 25.1. The van der Waals surface area contributed by atoms with Crippen molar-refractivity contribution in [2.45, 2.75) is 57.9 Å². The molecule has 0 aliphatic carbocycles. The van der Waals surface area contributed by atoms with Crippen molar-refractivity contribution in [1.29, 1.82) is 0 Å². The van der Waals surface area contributed by atoms with E-state index >= 15 is 0 Å². The van der Waals surface area contributed by atoms with Gasteiger partial charge in [0.1, 0.15) is 5.75 Å². The maximum atomic E-state index is 13.2. The number of carboxylic acids is 1. The summed E-state index contributed by atoms with van der Waals surface area (Å²) in [6, 6.07) is 7.46. The van der Waals surface area contributed by atoms with E-state index in [0.717, 1.165) is 43.5 Å². The SMILES string of the molecule is CCCCN(CCCCN)C(=O)CN1C[C@H](c2ccc(OC)cc2)[C@@H](C(=O)O)[C@@H]1CC. The summed E-state index contributed by atoms with van der Waals surface area (Å²) < 4.78 is 5.24. The Labute approximate surface area is 186 Å². The molecule has 0 bridgehead atoms. The number of carboxylic acid groups (broad SMARTS) is 1. The molecule has 31 heavy (non-hydrogen) atoms. The predicted octanol–water partition coefficient (Wildman–Crippen LogP) is 2.94. The molecule has 3 N–H and O–H groups in total. The minimum atomic E-state index is -0.798. The average Bonchev–Trinajstić information content (AvgIpc) is 3.14. The van der Waals surface area contributed by atoms with Gasteiger partial charge in [-0.2, -0.15) is 0 Å². The summed E-state index contributed by atoms with van der Waals surface area (Å²) in [6.07, 6.45) is 4.49. The molecule has 0 unspecified atom stereocenters. The van der Waals surface area contributed by atoms with Crippen molar-refractivity contribution in [2.24, 2.45) is 11.7 Å². The molecular weight excluding hydrogens is 394 g/mol. The van der Waals surface area contributed by atoms with Crippen molar-refractivity contribution in [2.75, 3.05) is 39.8 Å². The van der Waals surface area contributed by atoms with Crippen LogP contribution >= 0.6 is 0 Å². The van der Waals surface area contributed by atoms with Crippen LogP contribution in [0.15, 0.2) is 24.3 Å². The Balaban J connectivity index is 2.17. The number of methoxy groups -OCH3 is 1. The first-order valence-electron chi connectivity index (χ1n) is 11.5. The lowest BCUT2D eigenvalue weighted by atomic mass is 9.84. The molecule has 1 aromatic carbocycles. The number of likely N-dealkylation sites (tertiary alicyclic amines) is 1. The van der Waals surface area contributed by atoms with Gasteiger partial charge in [-0.25, -0.2) is 0 Å². The Hall–Kier alpha value is -2.12. The molecular formula is C24H39N3O4. The number of amides is 1. The number of hydrogen-bond donors (Lipinski definition) is 2. The van der Waals surface area contributed by atoms with Crippen molar-refractivity contribution in [3.63, 3.8) is 0 Å². The fourth-order valence-corrected chi connectivity index (χ4v) is 4.62. The van der Waals surface area contributed by atoms with E-state index < -0.39 is 11.9 Å². The molecule has 1 saturated heterocycles. The Morgan fingerprint density at radius 3 is 2.39 bits per heavy atom. The summed E-state index contributed by atoms with van der Waals surface area (Å²) in [5.74, 6) is -0.649. The van der Waals surface area contributed by atoms with Gasteiger partial charge in [-0.15, -0.1) is 0 Å². The summed E-state index contributed by atoms with van der Waals surface area (Å²) in [7, 11) is 1.61. The highest BCUT2D eigenvalue weighted by Gasteiger charge is 2.46. The zero-order valence-electron chi connectivity index (χ0n) is 19.3. The summed E-state index contributed by atoms with van der Waals surface area (Å²) in [4.78, 5) is 29.4. The van der Waals surface area contributed by atoms with Gasteiger partial charge in [0, 0.05) is 31.6 Å². The third-order valence-electron chi connectivity index (χ3n) is 6.35. The van der Waals surface area contributed by atoms with Crippen LogP contribution in [0.2, 0.25) is 0 Å². The summed E-state index contributed by atoms with van der Waals surface area (Å²) >= 11 is 0. The molecule has 1 aliphatic rings. The monoisotopic (exact) mass is 433 g/mol. The number of nitrogens with zero attached hydrogens (tertiary/aromatic N) is 2. The summed E-state index contributed by atoms with van der Waals surface area (Å²) in [5.41, 5.74) is 6.60. The zero-order chi connectivity index (χ0) is 22.8. The van der Waals surface area contributed by atoms with Gasteiger partial charge in [0.15, 0.2) is 0 Å². The first-order valence-corrected chi connectivity index (χ1v) is 11.5. The topological polar surface area (TPSA) is 96.1 Å². The lowest BCUT2D eigenvalue weighted by molar-refractivity contribution is -0.143. The molecule has 7 nitrogen and oxygen atoms in total. The number of unbranched alkanes of at least 4 members (excludes halogenated alkanes) is 2. The molecule has 0 spiro atoms. The molecule has 7 heteroatoms. The summed E-state index contributed by atoms with van der Waals surface area (Å²) in [5, 5.41) is 10.0. The molecule has 0 aromatic heterocycles.